The molecule has 0 aromatic heterocycles. The monoisotopic (exact) mass is 301 g/mol. The van der Waals surface area contributed by atoms with Gasteiger partial charge in [-0.2, -0.15) is 0 Å². The maximum Gasteiger partial charge on any atom is 0.0639 e. The van der Waals surface area contributed by atoms with E-state index in [-0.39, 0.29) is 0 Å². The van der Waals surface area contributed by atoms with Crippen LogP contribution in [-0.2, 0) is 6.54 Å². The fourth-order valence-corrected chi connectivity index (χ4v) is 3.06. The maximum atomic E-state index is 6.27. The zero-order valence-electron chi connectivity index (χ0n) is 12.0. The number of para-hydroxylation sites is 1. The molecule has 1 fully saturated rings. The number of nitrogen functional groups attached to an aromatic ring is 1. The van der Waals surface area contributed by atoms with Gasteiger partial charge in [0.15, 0.2) is 0 Å². The third-order valence-electron chi connectivity index (χ3n) is 3.92. The molecule has 21 heavy (non-hydrogen) atoms. The van der Waals surface area contributed by atoms with Crippen molar-refractivity contribution in [3.8, 4) is 0 Å². The molecular formula is C17H20ClN3. The Kier molecular flexibility index (Phi) is 4.32. The van der Waals surface area contributed by atoms with Crippen molar-refractivity contribution in [3.05, 3.63) is 59.1 Å². The van der Waals surface area contributed by atoms with Gasteiger partial charge in [0, 0.05) is 38.4 Å². The van der Waals surface area contributed by atoms with Crippen LogP contribution in [0.4, 0.5) is 11.4 Å². The van der Waals surface area contributed by atoms with E-state index in [1.54, 1.807) is 0 Å². The summed E-state index contributed by atoms with van der Waals surface area (Å²) in [6.07, 6.45) is 0. The lowest BCUT2D eigenvalue weighted by molar-refractivity contribution is 0.250. The van der Waals surface area contributed by atoms with E-state index in [4.69, 9.17) is 17.3 Å². The number of piperazine rings is 1. The Hall–Kier alpha value is -1.71. The average Bonchev–Trinajstić information content (AvgIpc) is 2.49. The van der Waals surface area contributed by atoms with Gasteiger partial charge in [-0.3, -0.25) is 4.90 Å². The van der Waals surface area contributed by atoms with Crippen LogP contribution in [0.3, 0.4) is 0 Å². The molecule has 2 aromatic rings. The molecule has 0 bridgehead atoms. The summed E-state index contributed by atoms with van der Waals surface area (Å²) in [5, 5.41) is 0.835. The average molecular weight is 302 g/mol. The van der Waals surface area contributed by atoms with Gasteiger partial charge in [0.2, 0.25) is 0 Å². The molecule has 0 aliphatic carbocycles. The van der Waals surface area contributed by atoms with Crippen molar-refractivity contribution in [2.24, 2.45) is 0 Å². The van der Waals surface area contributed by atoms with Crippen molar-refractivity contribution in [3.63, 3.8) is 0 Å². The number of nitrogens with zero attached hydrogens (tertiary/aromatic N) is 2. The van der Waals surface area contributed by atoms with Crippen molar-refractivity contribution in [1.82, 2.24) is 4.90 Å². The Morgan fingerprint density at radius 3 is 2.43 bits per heavy atom. The molecule has 2 N–H and O–H groups in total. The summed E-state index contributed by atoms with van der Waals surface area (Å²) < 4.78 is 0. The van der Waals surface area contributed by atoms with E-state index in [9.17, 15) is 0 Å². The number of anilines is 2. The molecule has 1 aliphatic rings. The first-order valence-corrected chi connectivity index (χ1v) is 7.66. The minimum Gasteiger partial charge on any atom is -0.399 e. The van der Waals surface area contributed by atoms with Crippen LogP contribution in [0, 0.1) is 0 Å². The van der Waals surface area contributed by atoms with Gasteiger partial charge in [-0.15, -0.1) is 0 Å². The van der Waals surface area contributed by atoms with E-state index < -0.39 is 0 Å². The molecule has 2 aromatic carbocycles. The molecule has 0 radical (unpaired) electrons. The first-order chi connectivity index (χ1) is 10.2. The van der Waals surface area contributed by atoms with Gasteiger partial charge in [0.05, 0.1) is 10.7 Å². The summed E-state index contributed by atoms with van der Waals surface area (Å²) in [5.74, 6) is 0. The van der Waals surface area contributed by atoms with E-state index in [0.29, 0.717) is 0 Å². The molecule has 0 atom stereocenters. The highest BCUT2D eigenvalue weighted by Gasteiger charge is 2.18. The first kappa shape index (κ1) is 14.2. The van der Waals surface area contributed by atoms with Gasteiger partial charge < -0.3 is 10.6 Å². The fourth-order valence-electron chi connectivity index (χ4n) is 2.80. The highest BCUT2D eigenvalue weighted by Crippen LogP contribution is 2.26. The number of nitrogens with two attached hydrogens (primary N) is 1. The highest BCUT2D eigenvalue weighted by atomic mass is 35.5. The van der Waals surface area contributed by atoms with Crippen molar-refractivity contribution >= 4 is 23.0 Å². The Bertz CT molecular complexity index is 606. The minimum absolute atomic E-state index is 0.835. The second-order valence-electron chi connectivity index (χ2n) is 5.46. The lowest BCUT2D eigenvalue weighted by Gasteiger charge is -2.36. The second kappa shape index (κ2) is 6.37. The van der Waals surface area contributed by atoms with Gasteiger partial charge in [-0.05, 0) is 29.8 Å². The molecule has 110 valence electrons. The van der Waals surface area contributed by atoms with Crippen LogP contribution in [0.2, 0.25) is 5.02 Å². The molecule has 1 aliphatic heterocycles. The first-order valence-electron chi connectivity index (χ1n) is 7.28. The molecule has 1 heterocycles. The van der Waals surface area contributed by atoms with Gasteiger partial charge in [-0.1, -0.05) is 35.9 Å². The van der Waals surface area contributed by atoms with Gasteiger partial charge >= 0.3 is 0 Å². The molecule has 0 saturated carbocycles. The lowest BCUT2D eigenvalue weighted by Crippen LogP contribution is -2.46. The highest BCUT2D eigenvalue weighted by molar-refractivity contribution is 6.33. The van der Waals surface area contributed by atoms with Crippen molar-refractivity contribution in [2.75, 3.05) is 36.8 Å². The molecular weight excluding hydrogens is 282 g/mol. The van der Waals surface area contributed by atoms with Gasteiger partial charge in [-0.25, -0.2) is 0 Å². The quantitative estimate of drug-likeness (QED) is 0.883. The summed E-state index contributed by atoms with van der Waals surface area (Å²) in [7, 11) is 0. The van der Waals surface area contributed by atoms with Crippen molar-refractivity contribution in [1.29, 1.82) is 0 Å². The lowest BCUT2D eigenvalue weighted by atomic mass is 10.1. The SMILES string of the molecule is Nc1cccc(CN2CCN(c3ccccc3Cl)CC2)c1. The molecule has 0 spiro atoms. The van der Waals surface area contributed by atoms with Gasteiger partial charge in [0.25, 0.3) is 0 Å². The number of halogens is 1. The van der Waals surface area contributed by atoms with Crippen LogP contribution < -0.4 is 10.6 Å². The third kappa shape index (κ3) is 3.49. The topological polar surface area (TPSA) is 32.5 Å². The molecule has 1 saturated heterocycles. The van der Waals surface area contributed by atoms with Crippen molar-refractivity contribution in [2.45, 2.75) is 6.54 Å². The van der Waals surface area contributed by atoms with E-state index >= 15 is 0 Å². The Balaban J connectivity index is 1.59. The predicted molar refractivity (Wildman–Crippen MR) is 89.8 cm³/mol. The van der Waals surface area contributed by atoms with Crippen LogP contribution in [0.25, 0.3) is 0 Å². The summed E-state index contributed by atoms with van der Waals surface area (Å²) in [6.45, 7) is 5.06. The smallest absolute Gasteiger partial charge is 0.0639 e. The standard InChI is InChI=1S/C17H20ClN3/c18-16-6-1-2-7-17(16)21-10-8-20(9-11-21)13-14-4-3-5-15(19)12-14/h1-7,12H,8-11,13,19H2. The summed E-state index contributed by atoms with van der Waals surface area (Å²) in [5.41, 5.74) is 9.09. The normalized spacial score (nSPS) is 16.1. The van der Waals surface area contributed by atoms with Crippen molar-refractivity contribution < 1.29 is 0 Å². The minimum atomic E-state index is 0.835. The third-order valence-corrected chi connectivity index (χ3v) is 4.24. The molecule has 0 amide bonds. The Morgan fingerprint density at radius 2 is 1.71 bits per heavy atom. The molecule has 3 nitrogen and oxygen atoms in total. The van der Waals surface area contributed by atoms with E-state index in [0.717, 1.165) is 49.1 Å². The number of rotatable bonds is 3. The number of hydrogen-bond acceptors (Lipinski definition) is 3. The predicted octanol–water partition coefficient (Wildman–Crippen LogP) is 3.24. The van der Waals surface area contributed by atoms with Crippen LogP contribution in [0.15, 0.2) is 48.5 Å². The van der Waals surface area contributed by atoms with Gasteiger partial charge in [0.1, 0.15) is 0 Å². The summed E-state index contributed by atoms with van der Waals surface area (Å²) in [4.78, 5) is 4.82. The summed E-state index contributed by atoms with van der Waals surface area (Å²) >= 11 is 6.27. The van der Waals surface area contributed by atoms with Crippen LogP contribution in [0.1, 0.15) is 5.56 Å². The molecule has 0 unspecified atom stereocenters. The van der Waals surface area contributed by atoms with Crippen LogP contribution in [-0.4, -0.2) is 31.1 Å². The number of benzene rings is 2. The largest absolute Gasteiger partial charge is 0.399 e. The van der Waals surface area contributed by atoms with Crippen LogP contribution in [0.5, 0.6) is 0 Å². The maximum absolute atomic E-state index is 6.27. The summed E-state index contributed by atoms with van der Waals surface area (Å²) in [6, 6.07) is 16.2. The molecule has 4 heteroatoms. The fraction of sp³-hybridized carbons (Fsp3) is 0.294. The van der Waals surface area contributed by atoms with E-state index in [2.05, 4.69) is 28.0 Å². The zero-order valence-corrected chi connectivity index (χ0v) is 12.8. The second-order valence-corrected chi connectivity index (χ2v) is 5.87. The number of hydrogen-bond donors (Lipinski definition) is 1. The van der Waals surface area contributed by atoms with E-state index in [1.165, 1.54) is 5.56 Å². The zero-order chi connectivity index (χ0) is 14.7. The van der Waals surface area contributed by atoms with E-state index in [1.807, 2.05) is 30.3 Å². The Labute approximate surface area is 130 Å². The Morgan fingerprint density at radius 1 is 0.952 bits per heavy atom. The van der Waals surface area contributed by atoms with Crippen LogP contribution >= 0.6 is 11.6 Å². The molecule has 3 rings (SSSR count).